The van der Waals surface area contributed by atoms with E-state index in [1.807, 2.05) is 4.57 Å². The summed E-state index contributed by atoms with van der Waals surface area (Å²) < 4.78 is 43.4. The average Bonchev–Trinajstić information content (AvgIpc) is 3.11. The number of amides is 1. The Morgan fingerprint density at radius 2 is 1.65 bits per heavy atom. The fraction of sp³-hybridized carbons (Fsp3) is 0.571. The summed E-state index contributed by atoms with van der Waals surface area (Å²) in [6.07, 6.45) is 1.54. The van der Waals surface area contributed by atoms with Crippen LogP contribution in [0.4, 0.5) is 13.2 Å². The molecule has 0 bridgehead atoms. The van der Waals surface area contributed by atoms with Crippen LogP contribution in [0.1, 0.15) is 86.0 Å². The van der Waals surface area contributed by atoms with E-state index < -0.39 is 29.2 Å². The largest absolute Gasteiger partial charge is 0.481 e. The highest BCUT2D eigenvalue weighted by molar-refractivity contribution is 5.97. The highest BCUT2D eigenvalue weighted by atomic mass is 19.4. The van der Waals surface area contributed by atoms with Crippen molar-refractivity contribution in [3.8, 4) is 11.3 Å². The number of alkyl halides is 3. The van der Waals surface area contributed by atoms with Gasteiger partial charge >= 0.3 is 12.1 Å². The number of rotatable bonds is 7. The van der Waals surface area contributed by atoms with Gasteiger partial charge in [0.1, 0.15) is 0 Å². The third-order valence-corrected chi connectivity index (χ3v) is 7.86. The molecule has 3 N–H and O–H groups in total. The van der Waals surface area contributed by atoms with Crippen molar-refractivity contribution in [1.29, 1.82) is 0 Å². The van der Waals surface area contributed by atoms with Crippen LogP contribution in [0.2, 0.25) is 0 Å². The molecule has 37 heavy (non-hydrogen) atoms. The van der Waals surface area contributed by atoms with Crippen molar-refractivity contribution in [3.05, 3.63) is 46.6 Å². The summed E-state index contributed by atoms with van der Waals surface area (Å²) in [6.45, 7) is 5.28. The maximum atomic E-state index is 13.8. The van der Waals surface area contributed by atoms with E-state index in [1.165, 1.54) is 20.3 Å². The molecule has 2 aliphatic carbocycles. The molecule has 4 rings (SSSR count). The van der Waals surface area contributed by atoms with Crippen LogP contribution >= 0.6 is 0 Å². The number of benzene rings is 1. The van der Waals surface area contributed by atoms with E-state index in [0.29, 0.717) is 47.8 Å². The minimum atomic E-state index is -4.60. The van der Waals surface area contributed by atoms with Gasteiger partial charge in [-0.05, 0) is 87.8 Å². The Bertz CT molecular complexity index is 1140. The van der Waals surface area contributed by atoms with E-state index in [1.54, 1.807) is 19.1 Å². The fourth-order valence-electron chi connectivity index (χ4n) is 5.47. The minimum Gasteiger partial charge on any atom is -0.481 e. The van der Waals surface area contributed by atoms with Crippen LogP contribution in [-0.4, -0.2) is 32.7 Å². The molecule has 1 aromatic carbocycles. The normalized spacial score (nSPS) is 20.9. The standard InChI is InChI=1S/C28H35F3N2O4/c1-16-23(25(34)32-22-11-19(12-22)26(35)36)14-24(33(16)15-17-7-5-4-6-8-17)18-9-20(27(2,3)37)13-21(10-18)28(29,30)31/h9-10,13-14,17,19,22,37H,4-8,11-12,15H2,1-3H3,(H,32,34)(H,35,36). The predicted octanol–water partition coefficient (Wildman–Crippen LogP) is 5.88. The summed E-state index contributed by atoms with van der Waals surface area (Å²) in [4.78, 5) is 24.3. The van der Waals surface area contributed by atoms with Gasteiger partial charge in [-0.25, -0.2) is 0 Å². The van der Waals surface area contributed by atoms with Gasteiger partial charge in [0.2, 0.25) is 0 Å². The number of aromatic nitrogens is 1. The predicted molar refractivity (Wildman–Crippen MR) is 133 cm³/mol. The van der Waals surface area contributed by atoms with E-state index >= 15 is 0 Å². The van der Waals surface area contributed by atoms with Gasteiger partial charge in [-0.15, -0.1) is 0 Å². The maximum absolute atomic E-state index is 13.8. The number of carboxylic acids is 1. The summed E-state index contributed by atoms with van der Waals surface area (Å²) in [6, 6.07) is 4.99. The van der Waals surface area contributed by atoms with E-state index in [4.69, 9.17) is 5.11 Å². The lowest BCUT2D eigenvalue weighted by molar-refractivity contribution is -0.145. The second kappa shape index (κ2) is 10.2. The maximum Gasteiger partial charge on any atom is 0.416 e. The molecule has 6 nitrogen and oxygen atoms in total. The third-order valence-electron chi connectivity index (χ3n) is 7.86. The topological polar surface area (TPSA) is 91.6 Å². The molecule has 0 spiro atoms. The molecular weight excluding hydrogens is 485 g/mol. The van der Waals surface area contributed by atoms with Gasteiger partial charge in [0.25, 0.3) is 5.91 Å². The van der Waals surface area contributed by atoms with Crippen LogP contribution in [0.25, 0.3) is 11.3 Å². The Kier molecular flexibility index (Phi) is 7.48. The summed E-state index contributed by atoms with van der Waals surface area (Å²) >= 11 is 0. The molecule has 0 aliphatic heterocycles. The lowest BCUT2D eigenvalue weighted by Crippen LogP contribution is -2.46. The molecule has 2 fully saturated rings. The fourth-order valence-corrected chi connectivity index (χ4v) is 5.47. The number of nitrogens with zero attached hydrogens (tertiary/aromatic N) is 1. The van der Waals surface area contributed by atoms with Gasteiger partial charge in [0.15, 0.2) is 0 Å². The van der Waals surface area contributed by atoms with Crippen LogP contribution in [0.5, 0.6) is 0 Å². The Morgan fingerprint density at radius 3 is 2.22 bits per heavy atom. The van der Waals surface area contributed by atoms with Gasteiger partial charge < -0.3 is 20.1 Å². The number of hydrogen-bond donors (Lipinski definition) is 3. The molecule has 1 amide bonds. The Labute approximate surface area is 214 Å². The van der Waals surface area contributed by atoms with Crippen molar-refractivity contribution in [1.82, 2.24) is 9.88 Å². The number of carboxylic acid groups (broad SMARTS) is 1. The van der Waals surface area contributed by atoms with Gasteiger partial charge in [-0.1, -0.05) is 19.3 Å². The molecule has 9 heteroatoms. The third kappa shape index (κ3) is 6.03. The molecule has 2 aliphatic rings. The smallest absolute Gasteiger partial charge is 0.416 e. The summed E-state index contributed by atoms with van der Waals surface area (Å²) in [5, 5.41) is 22.5. The number of nitrogens with one attached hydrogen (secondary N) is 1. The van der Waals surface area contributed by atoms with Gasteiger partial charge in [-0.3, -0.25) is 9.59 Å². The first-order chi connectivity index (χ1) is 17.2. The monoisotopic (exact) mass is 520 g/mol. The van der Waals surface area contributed by atoms with Gasteiger partial charge in [-0.2, -0.15) is 13.2 Å². The first-order valence-corrected chi connectivity index (χ1v) is 12.9. The van der Waals surface area contributed by atoms with Crippen LogP contribution in [-0.2, 0) is 23.1 Å². The average molecular weight is 521 g/mol. The Morgan fingerprint density at radius 1 is 1.03 bits per heavy atom. The van der Waals surface area contributed by atoms with Crippen LogP contribution in [0.3, 0.4) is 0 Å². The number of aliphatic carboxylic acids is 1. The van der Waals surface area contributed by atoms with Gasteiger partial charge in [0, 0.05) is 24.0 Å². The highest BCUT2D eigenvalue weighted by Gasteiger charge is 2.36. The lowest BCUT2D eigenvalue weighted by Gasteiger charge is -2.32. The van der Waals surface area contributed by atoms with Crippen molar-refractivity contribution in [2.24, 2.45) is 11.8 Å². The van der Waals surface area contributed by atoms with Crippen molar-refractivity contribution in [3.63, 3.8) is 0 Å². The molecule has 2 aromatic rings. The van der Waals surface area contributed by atoms with Crippen LogP contribution in [0.15, 0.2) is 24.3 Å². The van der Waals surface area contributed by atoms with Gasteiger partial charge in [0.05, 0.1) is 22.6 Å². The van der Waals surface area contributed by atoms with E-state index in [0.717, 1.165) is 37.8 Å². The zero-order valence-electron chi connectivity index (χ0n) is 21.5. The molecule has 0 unspecified atom stereocenters. The second-order valence-corrected chi connectivity index (χ2v) is 11.2. The zero-order chi connectivity index (χ0) is 27.1. The molecule has 0 saturated heterocycles. The Balaban J connectivity index is 1.75. The molecule has 1 heterocycles. The molecule has 0 atom stereocenters. The molecule has 202 valence electrons. The molecule has 1 aromatic heterocycles. The van der Waals surface area contributed by atoms with Crippen molar-refractivity contribution in [2.75, 3.05) is 0 Å². The number of carbonyl (C=O) groups excluding carboxylic acids is 1. The Hall–Kier alpha value is -2.81. The first-order valence-electron chi connectivity index (χ1n) is 12.9. The minimum absolute atomic E-state index is 0.139. The zero-order valence-corrected chi connectivity index (χ0v) is 21.5. The van der Waals surface area contributed by atoms with Crippen molar-refractivity contribution in [2.45, 2.75) is 90.1 Å². The van der Waals surface area contributed by atoms with Crippen LogP contribution < -0.4 is 5.32 Å². The summed E-state index contributed by atoms with van der Waals surface area (Å²) in [5.74, 6) is -1.35. The van der Waals surface area contributed by atoms with Crippen molar-refractivity contribution < 1.29 is 33.0 Å². The SMILES string of the molecule is Cc1c(C(=O)NC2CC(C(=O)O)C2)cc(-c2cc(C(C)(C)O)cc(C(F)(F)F)c2)n1CC1CCCCC1. The molecule has 0 radical (unpaired) electrons. The number of aliphatic hydroxyl groups is 1. The van der Waals surface area contributed by atoms with Crippen LogP contribution in [0, 0.1) is 18.8 Å². The second-order valence-electron chi connectivity index (χ2n) is 11.2. The number of carbonyl (C=O) groups is 2. The van der Waals surface area contributed by atoms with E-state index in [9.17, 15) is 27.9 Å². The quantitative estimate of drug-likeness (QED) is 0.425. The summed E-state index contributed by atoms with van der Waals surface area (Å²) in [5.41, 5.74) is -0.384. The highest BCUT2D eigenvalue weighted by Crippen LogP contribution is 2.38. The first kappa shape index (κ1) is 27.2. The molecule has 2 saturated carbocycles. The van der Waals surface area contributed by atoms with E-state index in [-0.39, 0.29) is 17.5 Å². The lowest BCUT2D eigenvalue weighted by atomic mass is 9.80. The number of halogens is 3. The van der Waals surface area contributed by atoms with E-state index in [2.05, 4.69) is 5.32 Å². The molecular formula is C28H35F3N2O4. The summed E-state index contributed by atoms with van der Waals surface area (Å²) in [7, 11) is 0. The number of hydrogen-bond acceptors (Lipinski definition) is 3. The van der Waals surface area contributed by atoms with Crippen molar-refractivity contribution >= 4 is 11.9 Å².